The Balaban J connectivity index is 1.92. The Bertz CT molecular complexity index is 1270. The van der Waals surface area contributed by atoms with E-state index < -0.39 is 15.9 Å². The topological polar surface area (TPSA) is 102 Å². The van der Waals surface area contributed by atoms with E-state index in [1.54, 1.807) is 43.3 Å². The number of anilines is 2. The van der Waals surface area contributed by atoms with E-state index in [1.165, 1.54) is 37.3 Å². The maximum Gasteiger partial charge on any atom is 0.261 e. The van der Waals surface area contributed by atoms with Gasteiger partial charge in [0.15, 0.2) is 5.78 Å². The van der Waals surface area contributed by atoms with Crippen LogP contribution in [-0.4, -0.2) is 26.7 Å². The summed E-state index contributed by atoms with van der Waals surface area (Å²) in [7, 11) is -4.01. The minimum Gasteiger partial charge on any atom is -0.492 e. The van der Waals surface area contributed by atoms with Crippen LogP contribution in [0.4, 0.5) is 11.4 Å². The first kappa shape index (κ1) is 23.3. The molecule has 3 aromatic carbocycles. The van der Waals surface area contributed by atoms with Crippen LogP contribution in [0.25, 0.3) is 0 Å². The fraction of sp³-hybridized carbons (Fsp3) is 0.130. The van der Waals surface area contributed by atoms with E-state index in [0.717, 1.165) is 0 Å². The molecule has 0 aliphatic carbocycles. The number of benzene rings is 3. The highest BCUT2D eigenvalue weighted by Crippen LogP contribution is 2.29. The Morgan fingerprint density at radius 2 is 1.69 bits per heavy atom. The highest BCUT2D eigenvalue weighted by atomic mass is 35.5. The molecule has 0 fully saturated rings. The zero-order chi connectivity index (χ0) is 23.3. The van der Waals surface area contributed by atoms with Crippen molar-refractivity contribution in [3.05, 3.63) is 82.9 Å². The van der Waals surface area contributed by atoms with Crippen LogP contribution in [0, 0.1) is 0 Å². The number of hydrogen-bond donors (Lipinski definition) is 2. The molecule has 32 heavy (non-hydrogen) atoms. The van der Waals surface area contributed by atoms with Crippen LogP contribution in [0.2, 0.25) is 5.02 Å². The summed E-state index contributed by atoms with van der Waals surface area (Å²) < 4.78 is 33.9. The van der Waals surface area contributed by atoms with Gasteiger partial charge in [-0.2, -0.15) is 0 Å². The summed E-state index contributed by atoms with van der Waals surface area (Å²) in [4.78, 5) is 24.1. The molecule has 0 atom stereocenters. The average Bonchev–Trinajstić information content (AvgIpc) is 2.75. The smallest absolute Gasteiger partial charge is 0.261 e. The molecule has 1 amide bonds. The molecular formula is C23H21ClN2O5S. The van der Waals surface area contributed by atoms with Gasteiger partial charge in [0.05, 0.1) is 17.2 Å². The van der Waals surface area contributed by atoms with Gasteiger partial charge in [-0.05, 0) is 62.4 Å². The van der Waals surface area contributed by atoms with Gasteiger partial charge in [0, 0.05) is 21.8 Å². The molecule has 0 aliphatic rings. The molecule has 0 aromatic heterocycles. The largest absolute Gasteiger partial charge is 0.492 e. The first-order valence-corrected chi connectivity index (χ1v) is 11.5. The van der Waals surface area contributed by atoms with Crippen molar-refractivity contribution in [1.82, 2.24) is 0 Å². The SMILES string of the molecule is CCOc1ccc(S(=O)(=O)Nc2cccc(C(C)=O)c2)cc1NC(=O)c1cccc(Cl)c1. The van der Waals surface area contributed by atoms with Gasteiger partial charge in [-0.3, -0.25) is 14.3 Å². The molecule has 9 heteroatoms. The monoisotopic (exact) mass is 472 g/mol. The van der Waals surface area contributed by atoms with Crippen molar-refractivity contribution in [2.45, 2.75) is 18.7 Å². The second-order valence-corrected chi connectivity index (χ2v) is 8.92. The highest BCUT2D eigenvalue weighted by molar-refractivity contribution is 7.92. The van der Waals surface area contributed by atoms with Gasteiger partial charge >= 0.3 is 0 Å². The molecule has 3 rings (SSSR count). The number of amides is 1. The van der Waals surface area contributed by atoms with Crippen molar-refractivity contribution in [3.63, 3.8) is 0 Å². The summed E-state index contributed by atoms with van der Waals surface area (Å²) in [6.07, 6.45) is 0. The Hall–Kier alpha value is -3.36. The lowest BCUT2D eigenvalue weighted by atomic mass is 10.1. The van der Waals surface area contributed by atoms with E-state index in [1.807, 2.05) is 0 Å². The molecule has 0 spiro atoms. The molecule has 3 aromatic rings. The predicted octanol–water partition coefficient (Wildman–Crippen LogP) is 4.99. The number of rotatable bonds is 8. The number of carbonyl (C=O) groups excluding carboxylic acids is 2. The summed E-state index contributed by atoms with van der Waals surface area (Å²) in [6.45, 7) is 3.49. The molecular weight excluding hydrogens is 452 g/mol. The van der Waals surface area contributed by atoms with Crippen molar-refractivity contribution in [2.75, 3.05) is 16.6 Å². The van der Waals surface area contributed by atoms with Gasteiger partial charge in [0.25, 0.3) is 15.9 Å². The lowest BCUT2D eigenvalue weighted by Gasteiger charge is -2.15. The van der Waals surface area contributed by atoms with Crippen molar-refractivity contribution in [1.29, 1.82) is 0 Å². The Labute approximate surface area is 191 Å². The molecule has 0 unspecified atom stereocenters. The first-order valence-electron chi connectivity index (χ1n) is 9.67. The Kier molecular flexibility index (Phi) is 7.17. The number of halogens is 1. The third-order valence-electron chi connectivity index (χ3n) is 4.42. The van der Waals surface area contributed by atoms with Gasteiger partial charge in [-0.15, -0.1) is 0 Å². The van der Waals surface area contributed by atoms with Crippen LogP contribution in [0.15, 0.2) is 71.6 Å². The second-order valence-electron chi connectivity index (χ2n) is 6.80. The van der Waals surface area contributed by atoms with Gasteiger partial charge in [0.1, 0.15) is 5.75 Å². The first-order chi connectivity index (χ1) is 15.2. The van der Waals surface area contributed by atoms with Crippen molar-refractivity contribution in [3.8, 4) is 5.75 Å². The molecule has 0 radical (unpaired) electrons. The van der Waals surface area contributed by atoms with E-state index >= 15 is 0 Å². The fourth-order valence-corrected chi connectivity index (χ4v) is 4.16. The van der Waals surface area contributed by atoms with Crippen LogP contribution in [-0.2, 0) is 10.0 Å². The number of sulfonamides is 1. The number of nitrogens with one attached hydrogen (secondary N) is 2. The third-order valence-corrected chi connectivity index (χ3v) is 6.03. The Morgan fingerprint density at radius 3 is 2.38 bits per heavy atom. The normalized spacial score (nSPS) is 11.0. The van der Waals surface area contributed by atoms with Crippen LogP contribution < -0.4 is 14.8 Å². The van der Waals surface area contributed by atoms with E-state index in [9.17, 15) is 18.0 Å². The summed E-state index contributed by atoms with van der Waals surface area (Å²) >= 11 is 5.95. The number of Topliss-reactive ketones (excluding diaryl/α,β-unsaturated/α-hetero) is 1. The Morgan fingerprint density at radius 1 is 0.969 bits per heavy atom. The van der Waals surface area contributed by atoms with Gasteiger partial charge < -0.3 is 10.1 Å². The zero-order valence-corrected chi connectivity index (χ0v) is 19.0. The van der Waals surface area contributed by atoms with E-state index in [-0.39, 0.29) is 22.1 Å². The molecule has 2 N–H and O–H groups in total. The van der Waals surface area contributed by atoms with Crippen LogP contribution in [0.3, 0.4) is 0 Å². The van der Waals surface area contributed by atoms with E-state index in [0.29, 0.717) is 28.5 Å². The third kappa shape index (κ3) is 5.66. The van der Waals surface area contributed by atoms with Crippen LogP contribution in [0.1, 0.15) is 34.6 Å². The zero-order valence-electron chi connectivity index (χ0n) is 17.4. The van der Waals surface area contributed by atoms with Crippen molar-refractivity contribution >= 4 is 44.7 Å². The summed E-state index contributed by atoms with van der Waals surface area (Å²) in [5.41, 5.74) is 1.13. The minimum atomic E-state index is -4.01. The molecule has 166 valence electrons. The van der Waals surface area contributed by atoms with E-state index in [4.69, 9.17) is 16.3 Å². The molecule has 0 saturated carbocycles. The minimum absolute atomic E-state index is 0.0874. The maximum atomic E-state index is 12.9. The summed E-state index contributed by atoms with van der Waals surface area (Å²) in [6, 6.07) is 16.7. The molecule has 0 aliphatic heterocycles. The van der Waals surface area contributed by atoms with E-state index in [2.05, 4.69) is 10.0 Å². The van der Waals surface area contributed by atoms with Crippen LogP contribution in [0.5, 0.6) is 5.75 Å². The van der Waals surface area contributed by atoms with Crippen molar-refractivity contribution < 1.29 is 22.7 Å². The molecule has 0 saturated heterocycles. The number of carbonyl (C=O) groups is 2. The molecule has 7 nitrogen and oxygen atoms in total. The molecule has 0 bridgehead atoms. The van der Waals surface area contributed by atoms with Gasteiger partial charge in [0.2, 0.25) is 0 Å². The maximum absolute atomic E-state index is 12.9. The quantitative estimate of drug-likeness (QED) is 0.449. The van der Waals surface area contributed by atoms with Gasteiger partial charge in [-0.1, -0.05) is 29.8 Å². The highest BCUT2D eigenvalue weighted by Gasteiger charge is 2.19. The number of hydrogen-bond acceptors (Lipinski definition) is 5. The van der Waals surface area contributed by atoms with Crippen LogP contribution >= 0.6 is 11.6 Å². The van der Waals surface area contributed by atoms with Crippen molar-refractivity contribution in [2.24, 2.45) is 0 Å². The predicted molar refractivity (Wildman–Crippen MR) is 124 cm³/mol. The summed E-state index contributed by atoms with van der Waals surface area (Å²) in [5, 5.41) is 3.08. The number of ketones is 1. The lowest BCUT2D eigenvalue weighted by molar-refractivity contribution is 0.101. The van der Waals surface area contributed by atoms with Gasteiger partial charge in [-0.25, -0.2) is 8.42 Å². The lowest BCUT2D eigenvalue weighted by Crippen LogP contribution is -2.16. The summed E-state index contributed by atoms with van der Waals surface area (Å²) in [5.74, 6) is -0.330. The second kappa shape index (κ2) is 9.84. The fourth-order valence-electron chi connectivity index (χ4n) is 2.90. The number of ether oxygens (including phenoxy) is 1. The average molecular weight is 473 g/mol. The standard InChI is InChI=1S/C23H21ClN2O5S/c1-3-31-22-11-10-20(14-21(22)25-23(28)17-7-4-8-18(24)12-17)32(29,30)26-19-9-5-6-16(13-19)15(2)27/h4-14,26H,3H2,1-2H3,(H,25,28). The molecule has 0 heterocycles.